The lowest BCUT2D eigenvalue weighted by atomic mass is 9.64. The molecule has 0 saturated carbocycles. The summed E-state index contributed by atoms with van der Waals surface area (Å²) in [4.78, 5) is 36.6. The number of fused-ring (bicyclic) bond motifs is 2. The molecule has 1 unspecified atom stereocenters. The molecular formula is C22H19BF2O7. The highest BCUT2D eigenvalue weighted by Crippen LogP contribution is 2.39. The Morgan fingerprint density at radius 2 is 1.97 bits per heavy atom. The molecule has 2 heterocycles. The van der Waals surface area contributed by atoms with Gasteiger partial charge >= 0.3 is 25.0 Å². The van der Waals surface area contributed by atoms with E-state index in [0.29, 0.717) is 16.7 Å². The lowest BCUT2D eigenvalue weighted by molar-refractivity contribution is -0.143. The monoisotopic (exact) mass is 444 g/mol. The third-order valence-corrected chi connectivity index (χ3v) is 5.60. The zero-order chi connectivity index (χ0) is 23.0. The van der Waals surface area contributed by atoms with E-state index >= 15 is 0 Å². The van der Waals surface area contributed by atoms with Crippen LogP contribution in [-0.4, -0.2) is 35.8 Å². The van der Waals surface area contributed by atoms with Crippen molar-refractivity contribution in [2.24, 2.45) is 0 Å². The minimum atomic E-state index is -3.47. The lowest BCUT2D eigenvalue weighted by Gasteiger charge is -2.29. The number of ether oxygens (including phenoxy) is 2. The first kappa shape index (κ1) is 21.9. The van der Waals surface area contributed by atoms with Crippen molar-refractivity contribution < 1.29 is 42.3 Å². The average molecular weight is 444 g/mol. The number of hydrogen-bond donors (Lipinski definition) is 1. The van der Waals surface area contributed by atoms with E-state index in [1.165, 1.54) is 13.0 Å². The minimum absolute atomic E-state index is 0.0226. The zero-order valence-electron chi connectivity index (χ0n) is 17.0. The molecule has 2 atom stereocenters. The molecule has 1 N–H and O–H groups in total. The molecule has 32 heavy (non-hydrogen) atoms. The number of ketones is 1. The molecule has 0 saturated heterocycles. The Balaban J connectivity index is 1.52. The van der Waals surface area contributed by atoms with Crippen LogP contribution in [0.3, 0.4) is 0 Å². The SMILES string of the molecule is CCC(F)(F)C(=O)C[C@H]1Cc2cccc(C(=O)OC3OC(=O)c4ccccc43)c2OB1O. The van der Waals surface area contributed by atoms with Gasteiger partial charge in [0.2, 0.25) is 5.78 Å². The lowest BCUT2D eigenvalue weighted by Crippen LogP contribution is -2.38. The largest absolute Gasteiger partial charge is 0.535 e. The van der Waals surface area contributed by atoms with Crippen LogP contribution in [0, 0.1) is 0 Å². The molecule has 0 fully saturated rings. The predicted octanol–water partition coefficient (Wildman–Crippen LogP) is 3.50. The van der Waals surface area contributed by atoms with Crippen molar-refractivity contribution in [1.82, 2.24) is 0 Å². The molecule has 7 nitrogen and oxygen atoms in total. The molecule has 0 spiro atoms. The Morgan fingerprint density at radius 1 is 1.22 bits per heavy atom. The van der Waals surface area contributed by atoms with E-state index in [1.54, 1.807) is 36.4 Å². The highest BCUT2D eigenvalue weighted by molar-refractivity contribution is 6.47. The van der Waals surface area contributed by atoms with Crippen molar-refractivity contribution in [1.29, 1.82) is 0 Å². The summed E-state index contributed by atoms with van der Waals surface area (Å²) in [5.74, 6) is -7.06. The van der Waals surface area contributed by atoms with Crippen LogP contribution in [0.25, 0.3) is 0 Å². The molecule has 0 bridgehead atoms. The molecular weight excluding hydrogens is 425 g/mol. The van der Waals surface area contributed by atoms with Gasteiger partial charge in [-0.25, -0.2) is 9.59 Å². The first-order chi connectivity index (χ1) is 15.2. The molecule has 0 radical (unpaired) electrons. The van der Waals surface area contributed by atoms with Crippen molar-refractivity contribution in [2.45, 2.75) is 44.2 Å². The molecule has 166 valence electrons. The number of para-hydroxylation sites is 1. The Labute approximate surface area is 182 Å². The third kappa shape index (κ3) is 3.98. The molecule has 2 aliphatic heterocycles. The molecule has 2 aliphatic rings. The summed E-state index contributed by atoms with van der Waals surface area (Å²) in [6.45, 7) is 1.21. The average Bonchev–Trinajstić information content (AvgIpc) is 3.09. The maximum Gasteiger partial charge on any atom is 0.526 e. The number of carbonyl (C=O) groups is 3. The van der Waals surface area contributed by atoms with Crippen LogP contribution >= 0.6 is 0 Å². The standard InChI is InChI=1S/C22H19BF2O7/c1-2-22(24,25)17(26)11-13-10-12-6-5-9-16(18(12)32-23(13)29)20(28)31-21-15-8-4-3-7-14(15)19(27)30-21/h3-9,13,21,29H,2,10-11H2,1H3/t13-,21?/m1/s1. The second-order valence-electron chi connectivity index (χ2n) is 7.68. The van der Waals surface area contributed by atoms with E-state index in [9.17, 15) is 28.2 Å². The van der Waals surface area contributed by atoms with E-state index < -0.39 is 55.7 Å². The highest BCUT2D eigenvalue weighted by atomic mass is 19.3. The van der Waals surface area contributed by atoms with E-state index in [2.05, 4.69) is 0 Å². The predicted molar refractivity (Wildman–Crippen MR) is 107 cm³/mol. The van der Waals surface area contributed by atoms with Crippen molar-refractivity contribution in [3.63, 3.8) is 0 Å². The maximum atomic E-state index is 13.7. The van der Waals surface area contributed by atoms with Gasteiger partial charge in [0.25, 0.3) is 6.29 Å². The van der Waals surface area contributed by atoms with E-state index in [4.69, 9.17) is 14.1 Å². The third-order valence-electron chi connectivity index (χ3n) is 5.60. The Hall–Kier alpha value is -3.27. The van der Waals surface area contributed by atoms with Crippen molar-refractivity contribution in [3.05, 3.63) is 64.7 Å². The van der Waals surface area contributed by atoms with Gasteiger partial charge in [0.1, 0.15) is 11.3 Å². The number of cyclic esters (lactones) is 1. The number of carbonyl (C=O) groups excluding carboxylic acids is 3. The van der Waals surface area contributed by atoms with Crippen LogP contribution in [0.15, 0.2) is 42.5 Å². The summed E-state index contributed by atoms with van der Waals surface area (Å²) in [6, 6.07) is 11.1. The molecule has 0 aliphatic carbocycles. The van der Waals surface area contributed by atoms with Crippen LogP contribution in [0.2, 0.25) is 5.82 Å². The number of Topliss-reactive ketones (excluding diaryl/α,β-unsaturated/α-hetero) is 1. The summed E-state index contributed by atoms with van der Waals surface area (Å²) < 4.78 is 43.2. The van der Waals surface area contributed by atoms with Gasteiger partial charge in [-0.05, 0) is 24.1 Å². The smallest absolute Gasteiger partial charge is 0.526 e. The van der Waals surface area contributed by atoms with Gasteiger partial charge in [-0.2, -0.15) is 8.78 Å². The van der Waals surface area contributed by atoms with Gasteiger partial charge in [-0.3, -0.25) is 4.79 Å². The van der Waals surface area contributed by atoms with Gasteiger partial charge in [0, 0.05) is 24.2 Å². The maximum absolute atomic E-state index is 13.7. The van der Waals surface area contributed by atoms with E-state index in [1.807, 2.05) is 0 Å². The van der Waals surface area contributed by atoms with Crippen LogP contribution in [0.1, 0.15) is 57.9 Å². The fraction of sp³-hybridized carbons (Fsp3) is 0.318. The van der Waals surface area contributed by atoms with Crippen molar-refractivity contribution in [3.8, 4) is 5.75 Å². The van der Waals surface area contributed by atoms with Crippen molar-refractivity contribution >= 4 is 24.8 Å². The Bertz CT molecular complexity index is 1090. The Morgan fingerprint density at radius 3 is 2.72 bits per heavy atom. The van der Waals surface area contributed by atoms with Gasteiger partial charge < -0.3 is 19.2 Å². The second-order valence-corrected chi connectivity index (χ2v) is 7.68. The number of benzene rings is 2. The van der Waals surface area contributed by atoms with Crippen LogP contribution in [0.4, 0.5) is 8.78 Å². The molecule has 0 aromatic heterocycles. The van der Waals surface area contributed by atoms with E-state index in [-0.39, 0.29) is 17.7 Å². The fourth-order valence-electron chi connectivity index (χ4n) is 3.76. The number of esters is 2. The fourth-order valence-corrected chi connectivity index (χ4v) is 3.76. The normalized spacial score (nSPS) is 19.5. The topological polar surface area (TPSA) is 99.1 Å². The van der Waals surface area contributed by atoms with Gasteiger partial charge in [0.05, 0.1) is 5.56 Å². The number of rotatable bonds is 6. The summed E-state index contributed by atoms with van der Waals surface area (Å²) >= 11 is 0. The summed E-state index contributed by atoms with van der Waals surface area (Å²) in [6.07, 6.45) is -2.36. The first-order valence-corrected chi connectivity index (χ1v) is 10.1. The Kier molecular flexibility index (Phi) is 5.72. The number of halogens is 2. The number of hydrogen-bond acceptors (Lipinski definition) is 7. The van der Waals surface area contributed by atoms with Gasteiger partial charge in [-0.1, -0.05) is 37.3 Å². The first-order valence-electron chi connectivity index (χ1n) is 10.1. The van der Waals surface area contributed by atoms with E-state index in [0.717, 1.165) is 0 Å². The highest BCUT2D eigenvalue weighted by Gasteiger charge is 2.44. The van der Waals surface area contributed by atoms with Crippen LogP contribution < -0.4 is 4.65 Å². The molecule has 2 aromatic carbocycles. The van der Waals surface area contributed by atoms with Crippen molar-refractivity contribution in [2.75, 3.05) is 0 Å². The van der Waals surface area contributed by atoms with Crippen LogP contribution in [-0.2, 0) is 20.7 Å². The summed E-state index contributed by atoms with van der Waals surface area (Å²) in [5.41, 5.74) is 1.15. The molecule has 2 aromatic rings. The zero-order valence-corrected chi connectivity index (χ0v) is 17.0. The number of alkyl halides is 2. The molecule has 4 rings (SSSR count). The molecule has 10 heteroatoms. The second kappa shape index (κ2) is 8.35. The summed E-state index contributed by atoms with van der Waals surface area (Å²) in [7, 11) is -1.56. The quantitative estimate of drug-likeness (QED) is 0.538. The van der Waals surface area contributed by atoms with Gasteiger partial charge in [-0.15, -0.1) is 0 Å². The minimum Gasteiger partial charge on any atom is -0.535 e. The summed E-state index contributed by atoms with van der Waals surface area (Å²) in [5, 5.41) is 10.3. The molecule has 0 amide bonds. The van der Waals surface area contributed by atoms with Crippen LogP contribution in [0.5, 0.6) is 5.75 Å². The van der Waals surface area contributed by atoms with Gasteiger partial charge in [0.15, 0.2) is 0 Å².